The molecular weight excluding hydrogens is 324 g/mol. The maximum absolute atomic E-state index is 12.8. The molecule has 0 bridgehead atoms. The zero-order chi connectivity index (χ0) is 16.7. The van der Waals surface area contributed by atoms with Gasteiger partial charge in [0.1, 0.15) is 5.75 Å². The van der Waals surface area contributed by atoms with Crippen LogP contribution in [0.3, 0.4) is 0 Å². The summed E-state index contributed by atoms with van der Waals surface area (Å²) in [5.74, 6) is 0.987. The molecule has 1 fully saturated rings. The van der Waals surface area contributed by atoms with E-state index in [0.29, 0.717) is 19.1 Å². The molecule has 2 atom stereocenters. The molecule has 2 rings (SSSR count). The number of hydrogen-bond acceptors (Lipinski definition) is 3. The van der Waals surface area contributed by atoms with Crippen molar-refractivity contribution < 1.29 is 9.53 Å². The Morgan fingerprint density at radius 3 is 2.58 bits per heavy atom. The standard InChI is InChI=1S/C19H30N2O2.ClH/c1-4-19(23-17-12-7-6-8-13-17)21(5-2)18(22)15-20-14-10-9-11-16(20)3;/h6-8,12-13,16,19H,4-5,9-11,14-15H2,1-3H3;1H. The molecule has 5 heteroatoms. The molecule has 1 aliphatic heterocycles. The second-order valence-corrected chi connectivity index (χ2v) is 6.29. The lowest BCUT2D eigenvalue weighted by Crippen LogP contribution is -2.50. The first kappa shape index (κ1) is 20.8. The van der Waals surface area contributed by atoms with Gasteiger partial charge in [-0.1, -0.05) is 31.5 Å². The van der Waals surface area contributed by atoms with Crippen LogP contribution in [-0.2, 0) is 4.79 Å². The van der Waals surface area contributed by atoms with Crippen molar-refractivity contribution in [2.75, 3.05) is 19.6 Å². The summed E-state index contributed by atoms with van der Waals surface area (Å²) in [6.07, 6.45) is 4.25. The highest BCUT2D eigenvalue weighted by molar-refractivity contribution is 5.85. The zero-order valence-electron chi connectivity index (χ0n) is 15.1. The number of amides is 1. The van der Waals surface area contributed by atoms with Crippen LogP contribution < -0.4 is 4.74 Å². The Labute approximate surface area is 152 Å². The highest BCUT2D eigenvalue weighted by Crippen LogP contribution is 2.18. The maximum Gasteiger partial charge on any atom is 0.239 e. The Kier molecular flexibility index (Phi) is 9.16. The van der Waals surface area contributed by atoms with Crippen molar-refractivity contribution in [3.63, 3.8) is 0 Å². The van der Waals surface area contributed by atoms with Crippen LogP contribution in [0.1, 0.15) is 46.5 Å². The summed E-state index contributed by atoms with van der Waals surface area (Å²) in [5.41, 5.74) is 0. The van der Waals surface area contributed by atoms with E-state index < -0.39 is 0 Å². The minimum atomic E-state index is -0.199. The Morgan fingerprint density at radius 2 is 2.00 bits per heavy atom. The lowest BCUT2D eigenvalue weighted by atomic mass is 10.0. The minimum Gasteiger partial charge on any atom is -0.470 e. The first-order valence-electron chi connectivity index (χ1n) is 8.90. The van der Waals surface area contributed by atoms with Gasteiger partial charge in [-0.15, -0.1) is 12.4 Å². The molecule has 24 heavy (non-hydrogen) atoms. The number of hydrogen-bond donors (Lipinski definition) is 0. The van der Waals surface area contributed by atoms with E-state index in [0.717, 1.165) is 18.7 Å². The van der Waals surface area contributed by atoms with Gasteiger partial charge >= 0.3 is 0 Å². The summed E-state index contributed by atoms with van der Waals surface area (Å²) < 4.78 is 6.04. The van der Waals surface area contributed by atoms with Crippen molar-refractivity contribution in [3.8, 4) is 5.75 Å². The summed E-state index contributed by atoms with van der Waals surface area (Å²) in [6, 6.07) is 10.3. The van der Waals surface area contributed by atoms with Gasteiger partial charge in [0.15, 0.2) is 6.23 Å². The quantitative estimate of drug-likeness (QED) is 0.695. The number of rotatable bonds is 7. The molecule has 0 aliphatic carbocycles. The highest BCUT2D eigenvalue weighted by atomic mass is 35.5. The lowest BCUT2D eigenvalue weighted by molar-refractivity contribution is -0.141. The summed E-state index contributed by atoms with van der Waals surface area (Å²) in [4.78, 5) is 17.0. The van der Waals surface area contributed by atoms with Gasteiger partial charge in [-0.05, 0) is 45.4 Å². The van der Waals surface area contributed by atoms with E-state index in [-0.39, 0.29) is 24.5 Å². The van der Waals surface area contributed by atoms with Crippen LogP contribution in [-0.4, -0.2) is 47.6 Å². The fourth-order valence-corrected chi connectivity index (χ4v) is 3.22. The van der Waals surface area contributed by atoms with Gasteiger partial charge in [0, 0.05) is 19.0 Å². The Balaban J connectivity index is 0.00000288. The molecule has 1 aromatic rings. The average molecular weight is 355 g/mol. The number of benzene rings is 1. The second kappa shape index (κ2) is 10.6. The number of likely N-dealkylation sites (tertiary alicyclic amines) is 1. The van der Waals surface area contributed by atoms with Crippen LogP contribution in [0.15, 0.2) is 30.3 Å². The van der Waals surface area contributed by atoms with Gasteiger partial charge in [0.25, 0.3) is 0 Å². The van der Waals surface area contributed by atoms with Gasteiger partial charge in [-0.25, -0.2) is 0 Å². The first-order valence-corrected chi connectivity index (χ1v) is 8.90. The van der Waals surface area contributed by atoms with E-state index in [1.54, 1.807) is 0 Å². The van der Waals surface area contributed by atoms with E-state index in [1.807, 2.05) is 42.2 Å². The Bertz CT molecular complexity index is 484. The summed E-state index contributed by atoms with van der Waals surface area (Å²) in [5, 5.41) is 0. The Hall–Kier alpha value is -1.26. The molecule has 2 unspecified atom stereocenters. The van der Waals surface area contributed by atoms with E-state index in [1.165, 1.54) is 19.3 Å². The van der Waals surface area contributed by atoms with Crippen molar-refractivity contribution >= 4 is 18.3 Å². The number of halogens is 1. The molecule has 1 amide bonds. The number of piperidine rings is 1. The number of para-hydroxylation sites is 1. The average Bonchev–Trinajstić information content (AvgIpc) is 2.57. The predicted molar refractivity (Wildman–Crippen MR) is 101 cm³/mol. The molecule has 1 saturated heterocycles. The minimum absolute atomic E-state index is 0. The van der Waals surface area contributed by atoms with E-state index in [9.17, 15) is 4.79 Å². The number of carbonyl (C=O) groups is 1. The Morgan fingerprint density at radius 1 is 1.29 bits per heavy atom. The number of carbonyl (C=O) groups excluding carboxylic acids is 1. The normalized spacial score (nSPS) is 19.2. The van der Waals surface area contributed by atoms with Gasteiger partial charge in [0.2, 0.25) is 5.91 Å². The summed E-state index contributed by atoms with van der Waals surface area (Å²) >= 11 is 0. The summed E-state index contributed by atoms with van der Waals surface area (Å²) in [7, 11) is 0. The molecule has 0 radical (unpaired) electrons. The van der Waals surface area contributed by atoms with Crippen LogP contribution in [0.5, 0.6) is 5.75 Å². The molecule has 0 aromatic heterocycles. The number of likely N-dealkylation sites (N-methyl/N-ethyl adjacent to an activating group) is 1. The molecule has 1 aromatic carbocycles. The van der Waals surface area contributed by atoms with Crippen molar-refractivity contribution in [3.05, 3.63) is 30.3 Å². The van der Waals surface area contributed by atoms with Gasteiger partial charge in [-0.2, -0.15) is 0 Å². The van der Waals surface area contributed by atoms with E-state index >= 15 is 0 Å². The van der Waals surface area contributed by atoms with Crippen LogP contribution >= 0.6 is 12.4 Å². The molecule has 0 N–H and O–H groups in total. The molecule has 1 heterocycles. The van der Waals surface area contributed by atoms with E-state index in [4.69, 9.17) is 4.74 Å². The topological polar surface area (TPSA) is 32.8 Å². The fraction of sp³-hybridized carbons (Fsp3) is 0.632. The van der Waals surface area contributed by atoms with Gasteiger partial charge < -0.3 is 9.64 Å². The van der Waals surface area contributed by atoms with Gasteiger partial charge in [-0.3, -0.25) is 9.69 Å². The molecule has 4 nitrogen and oxygen atoms in total. The predicted octanol–water partition coefficient (Wildman–Crippen LogP) is 3.95. The van der Waals surface area contributed by atoms with Crippen molar-refractivity contribution in [2.45, 2.75) is 58.7 Å². The van der Waals surface area contributed by atoms with Crippen molar-refractivity contribution in [1.29, 1.82) is 0 Å². The second-order valence-electron chi connectivity index (χ2n) is 6.29. The molecule has 0 saturated carbocycles. The highest BCUT2D eigenvalue weighted by Gasteiger charge is 2.27. The van der Waals surface area contributed by atoms with Crippen molar-refractivity contribution in [1.82, 2.24) is 9.80 Å². The third-order valence-corrected chi connectivity index (χ3v) is 4.65. The molecular formula is C19H31ClN2O2. The number of ether oxygens (including phenoxy) is 1. The third-order valence-electron chi connectivity index (χ3n) is 4.65. The molecule has 1 aliphatic rings. The van der Waals surface area contributed by atoms with Crippen LogP contribution in [0.25, 0.3) is 0 Å². The SMILES string of the molecule is CCC(Oc1ccccc1)N(CC)C(=O)CN1CCCCC1C.Cl. The lowest BCUT2D eigenvalue weighted by Gasteiger charge is -2.36. The largest absolute Gasteiger partial charge is 0.470 e. The first-order chi connectivity index (χ1) is 11.2. The monoisotopic (exact) mass is 354 g/mol. The smallest absolute Gasteiger partial charge is 0.239 e. The zero-order valence-corrected chi connectivity index (χ0v) is 15.9. The number of nitrogens with zero attached hydrogens (tertiary/aromatic N) is 2. The fourth-order valence-electron chi connectivity index (χ4n) is 3.22. The van der Waals surface area contributed by atoms with Gasteiger partial charge in [0.05, 0.1) is 6.54 Å². The van der Waals surface area contributed by atoms with Crippen molar-refractivity contribution in [2.24, 2.45) is 0 Å². The maximum atomic E-state index is 12.8. The third kappa shape index (κ3) is 5.67. The van der Waals surface area contributed by atoms with Crippen LogP contribution in [0, 0.1) is 0 Å². The molecule has 0 spiro atoms. The van der Waals surface area contributed by atoms with Crippen LogP contribution in [0.2, 0.25) is 0 Å². The van der Waals surface area contributed by atoms with Crippen LogP contribution in [0.4, 0.5) is 0 Å². The summed E-state index contributed by atoms with van der Waals surface area (Å²) in [6.45, 7) is 8.51. The van der Waals surface area contributed by atoms with E-state index in [2.05, 4.69) is 18.7 Å². The molecule has 136 valence electrons.